The van der Waals surface area contributed by atoms with Gasteiger partial charge in [0.05, 0.1) is 0 Å². The fourth-order valence-electron chi connectivity index (χ4n) is 0.750. The van der Waals surface area contributed by atoms with Gasteiger partial charge in [0.2, 0.25) is 0 Å². The molecule has 1 heterocycles. The summed E-state index contributed by atoms with van der Waals surface area (Å²) in [5.74, 6) is -0.250. The quantitative estimate of drug-likeness (QED) is 0.769. The minimum atomic E-state index is -1.19. The first kappa shape index (κ1) is 10.5. The number of amides is 2. The summed E-state index contributed by atoms with van der Waals surface area (Å²) < 4.78 is 0. The molecule has 0 saturated carbocycles. The molecule has 0 unspecified atom stereocenters. The van der Waals surface area contributed by atoms with Crippen LogP contribution in [-0.2, 0) is 0 Å². The molecule has 0 bridgehead atoms. The van der Waals surface area contributed by atoms with Crippen molar-refractivity contribution in [2.75, 3.05) is 19.4 Å². The minimum absolute atomic E-state index is 0.197. The van der Waals surface area contributed by atoms with Crippen molar-refractivity contribution in [3.8, 4) is 0 Å². The van der Waals surface area contributed by atoms with Crippen LogP contribution in [0.1, 0.15) is 10.5 Å². The lowest BCUT2D eigenvalue weighted by atomic mass is 10.4. The van der Waals surface area contributed by atoms with Crippen LogP contribution < -0.4 is 5.32 Å². The molecule has 1 aromatic heterocycles. The first-order valence-electron chi connectivity index (χ1n) is 3.68. The number of anilines is 1. The SMILES string of the molecule is CN(C)C(=O)c1csc(NC(=O)O)n1. The monoisotopic (exact) mass is 215 g/mol. The Morgan fingerprint density at radius 3 is 2.71 bits per heavy atom. The van der Waals surface area contributed by atoms with Crippen LogP contribution in [0.3, 0.4) is 0 Å². The predicted molar refractivity (Wildman–Crippen MR) is 51.8 cm³/mol. The number of carbonyl (C=O) groups is 2. The van der Waals surface area contributed by atoms with Gasteiger partial charge in [0.15, 0.2) is 5.13 Å². The number of thiazole rings is 1. The Labute approximate surface area is 84.2 Å². The molecule has 0 aromatic carbocycles. The molecule has 1 rings (SSSR count). The maximum Gasteiger partial charge on any atom is 0.410 e. The smallest absolute Gasteiger partial charge is 0.410 e. The lowest BCUT2D eigenvalue weighted by Crippen LogP contribution is -2.22. The maximum absolute atomic E-state index is 11.3. The number of nitrogens with zero attached hydrogens (tertiary/aromatic N) is 2. The second-order valence-electron chi connectivity index (χ2n) is 2.67. The molecule has 7 heteroatoms. The van der Waals surface area contributed by atoms with Crippen molar-refractivity contribution in [3.63, 3.8) is 0 Å². The summed E-state index contributed by atoms with van der Waals surface area (Å²) in [6.07, 6.45) is -1.19. The Morgan fingerprint density at radius 1 is 1.57 bits per heavy atom. The summed E-state index contributed by atoms with van der Waals surface area (Å²) >= 11 is 1.07. The summed E-state index contributed by atoms with van der Waals surface area (Å²) in [6, 6.07) is 0. The molecule has 0 aliphatic carbocycles. The summed E-state index contributed by atoms with van der Waals surface area (Å²) in [4.78, 5) is 26.8. The first-order chi connectivity index (χ1) is 6.50. The van der Waals surface area contributed by atoms with E-state index in [9.17, 15) is 9.59 Å². The van der Waals surface area contributed by atoms with Crippen molar-refractivity contribution < 1.29 is 14.7 Å². The van der Waals surface area contributed by atoms with E-state index in [-0.39, 0.29) is 16.7 Å². The van der Waals surface area contributed by atoms with Crippen LogP contribution in [-0.4, -0.2) is 41.1 Å². The zero-order valence-electron chi connectivity index (χ0n) is 7.64. The first-order valence-corrected chi connectivity index (χ1v) is 4.56. The lowest BCUT2D eigenvalue weighted by molar-refractivity contribution is 0.0822. The largest absolute Gasteiger partial charge is 0.465 e. The molecule has 2 amide bonds. The van der Waals surface area contributed by atoms with Gasteiger partial charge in [0, 0.05) is 19.5 Å². The van der Waals surface area contributed by atoms with Crippen LogP contribution in [0.15, 0.2) is 5.38 Å². The van der Waals surface area contributed by atoms with Crippen LogP contribution in [0.2, 0.25) is 0 Å². The summed E-state index contributed by atoms with van der Waals surface area (Å²) in [6.45, 7) is 0. The Kier molecular flexibility index (Phi) is 3.03. The highest BCUT2D eigenvalue weighted by atomic mass is 32.1. The number of hydrogen-bond donors (Lipinski definition) is 2. The highest BCUT2D eigenvalue weighted by Gasteiger charge is 2.13. The molecule has 0 atom stereocenters. The highest BCUT2D eigenvalue weighted by molar-refractivity contribution is 7.14. The van der Waals surface area contributed by atoms with E-state index in [1.54, 1.807) is 14.1 Å². The standard InChI is InChI=1S/C7H9N3O3S/c1-10(2)5(11)4-3-14-6(8-4)9-7(12)13/h3H,1-2H3,(H,8,9)(H,12,13). The second kappa shape index (κ2) is 4.05. The number of aromatic nitrogens is 1. The lowest BCUT2D eigenvalue weighted by Gasteiger charge is -2.06. The third-order valence-electron chi connectivity index (χ3n) is 1.34. The molecule has 6 nitrogen and oxygen atoms in total. The average Bonchev–Trinajstić information content (AvgIpc) is 2.50. The van der Waals surface area contributed by atoms with E-state index in [0.717, 1.165) is 11.3 Å². The molecule has 2 N–H and O–H groups in total. The van der Waals surface area contributed by atoms with Crippen molar-refractivity contribution >= 4 is 28.5 Å². The Hall–Kier alpha value is -1.63. The zero-order valence-corrected chi connectivity index (χ0v) is 8.46. The summed E-state index contributed by atoms with van der Waals surface area (Å²) in [5.41, 5.74) is 0.240. The van der Waals surface area contributed by atoms with Gasteiger partial charge in [0.25, 0.3) is 5.91 Å². The van der Waals surface area contributed by atoms with Gasteiger partial charge >= 0.3 is 6.09 Å². The van der Waals surface area contributed by atoms with E-state index in [1.807, 2.05) is 0 Å². The summed E-state index contributed by atoms with van der Waals surface area (Å²) in [5, 5.41) is 12.2. The second-order valence-corrected chi connectivity index (χ2v) is 3.53. The molecule has 0 spiro atoms. The number of hydrogen-bond acceptors (Lipinski definition) is 4. The van der Waals surface area contributed by atoms with Crippen molar-refractivity contribution in [3.05, 3.63) is 11.1 Å². The van der Waals surface area contributed by atoms with Gasteiger partial charge in [-0.15, -0.1) is 11.3 Å². The highest BCUT2D eigenvalue weighted by Crippen LogP contribution is 2.15. The zero-order chi connectivity index (χ0) is 10.7. The van der Waals surface area contributed by atoms with Crippen LogP contribution in [0.5, 0.6) is 0 Å². The molecular weight excluding hydrogens is 206 g/mol. The molecule has 1 aromatic rings. The number of carboxylic acid groups (broad SMARTS) is 1. The van der Waals surface area contributed by atoms with Crippen molar-refractivity contribution in [1.29, 1.82) is 0 Å². The van der Waals surface area contributed by atoms with E-state index < -0.39 is 6.09 Å². The van der Waals surface area contributed by atoms with Crippen LogP contribution in [0.4, 0.5) is 9.93 Å². The van der Waals surface area contributed by atoms with E-state index in [4.69, 9.17) is 5.11 Å². The van der Waals surface area contributed by atoms with Gasteiger partial charge in [-0.25, -0.2) is 9.78 Å². The van der Waals surface area contributed by atoms with Crippen LogP contribution >= 0.6 is 11.3 Å². The fraction of sp³-hybridized carbons (Fsp3) is 0.286. The Morgan fingerprint density at radius 2 is 2.21 bits per heavy atom. The van der Waals surface area contributed by atoms with Gasteiger partial charge in [0.1, 0.15) is 5.69 Å². The van der Waals surface area contributed by atoms with E-state index in [1.165, 1.54) is 10.3 Å². The van der Waals surface area contributed by atoms with Gasteiger partial charge in [-0.3, -0.25) is 10.1 Å². The number of carbonyl (C=O) groups excluding carboxylic acids is 1. The normalized spacial score (nSPS) is 9.57. The number of nitrogens with one attached hydrogen (secondary N) is 1. The molecule has 14 heavy (non-hydrogen) atoms. The topological polar surface area (TPSA) is 82.5 Å². The van der Waals surface area contributed by atoms with Crippen molar-refractivity contribution in [1.82, 2.24) is 9.88 Å². The van der Waals surface area contributed by atoms with E-state index in [2.05, 4.69) is 10.3 Å². The molecule has 0 fully saturated rings. The van der Waals surface area contributed by atoms with Gasteiger partial charge in [-0.2, -0.15) is 0 Å². The molecule has 0 saturated heterocycles. The summed E-state index contributed by atoms with van der Waals surface area (Å²) in [7, 11) is 3.21. The van der Waals surface area contributed by atoms with Crippen LogP contribution in [0, 0.1) is 0 Å². The van der Waals surface area contributed by atoms with Gasteiger partial charge < -0.3 is 10.0 Å². The molecule has 0 aliphatic heterocycles. The van der Waals surface area contributed by atoms with E-state index >= 15 is 0 Å². The average molecular weight is 215 g/mol. The third kappa shape index (κ3) is 2.43. The van der Waals surface area contributed by atoms with Crippen LogP contribution in [0.25, 0.3) is 0 Å². The Bertz CT molecular complexity index is 361. The fourth-order valence-corrected chi connectivity index (χ4v) is 1.42. The maximum atomic E-state index is 11.3. The third-order valence-corrected chi connectivity index (χ3v) is 2.10. The van der Waals surface area contributed by atoms with Gasteiger partial charge in [-0.1, -0.05) is 0 Å². The van der Waals surface area contributed by atoms with Gasteiger partial charge in [-0.05, 0) is 0 Å². The molecular formula is C7H9N3O3S. The predicted octanol–water partition coefficient (Wildman–Crippen LogP) is 0.935. The van der Waals surface area contributed by atoms with E-state index in [0.29, 0.717) is 0 Å². The molecule has 0 radical (unpaired) electrons. The minimum Gasteiger partial charge on any atom is -0.465 e. The van der Waals surface area contributed by atoms with Crippen molar-refractivity contribution in [2.45, 2.75) is 0 Å². The molecule has 0 aliphatic rings. The van der Waals surface area contributed by atoms with Crippen molar-refractivity contribution in [2.24, 2.45) is 0 Å². The molecule has 76 valence electrons. The number of rotatable bonds is 2. The Balaban J connectivity index is 2.77.